The second kappa shape index (κ2) is 3.63. The normalized spacial score (nSPS) is 22.5. The van der Waals surface area contributed by atoms with Crippen molar-refractivity contribution in [2.75, 3.05) is 10.6 Å². The van der Waals surface area contributed by atoms with E-state index in [0.29, 0.717) is 0 Å². The summed E-state index contributed by atoms with van der Waals surface area (Å²) in [6, 6.07) is 5.88. The summed E-state index contributed by atoms with van der Waals surface area (Å²) in [7, 11) is 0. The van der Waals surface area contributed by atoms with E-state index < -0.39 is 17.6 Å². The SMILES string of the molecule is CC1(C(F)(F)F)Nc2cc(C#N)ccc2NC1=O. The second-order valence-corrected chi connectivity index (χ2v) is 4.07. The molecule has 94 valence electrons. The van der Waals surface area contributed by atoms with Crippen molar-refractivity contribution in [2.45, 2.75) is 18.6 Å². The van der Waals surface area contributed by atoms with E-state index in [-0.39, 0.29) is 16.9 Å². The Labute approximate surface area is 100 Å². The Balaban J connectivity index is 2.50. The molecule has 0 saturated heterocycles. The molecule has 1 unspecified atom stereocenters. The maximum absolute atomic E-state index is 12.9. The molecule has 1 aliphatic heterocycles. The van der Waals surface area contributed by atoms with Gasteiger partial charge in [0.1, 0.15) is 0 Å². The first kappa shape index (κ1) is 12.2. The molecule has 0 radical (unpaired) electrons. The van der Waals surface area contributed by atoms with E-state index in [4.69, 9.17) is 5.26 Å². The van der Waals surface area contributed by atoms with E-state index in [1.54, 1.807) is 0 Å². The van der Waals surface area contributed by atoms with Gasteiger partial charge in [0.25, 0.3) is 5.91 Å². The van der Waals surface area contributed by atoms with Crippen LogP contribution in [-0.4, -0.2) is 17.6 Å². The molecule has 1 heterocycles. The topological polar surface area (TPSA) is 64.9 Å². The van der Waals surface area contributed by atoms with Crippen LogP contribution in [0.15, 0.2) is 18.2 Å². The molecule has 2 rings (SSSR count). The van der Waals surface area contributed by atoms with Crippen molar-refractivity contribution in [3.63, 3.8) is 0 Å². The van der Waals surface area contributed by atoms with Crippen LogP contribution in [0.3, 0.4) is 0 Å². The molecule has 1 amide bonds. The molecule has 1 aromatic rings. The van der Waals surface area contributed by atoms with Gasteiger partial charge in [-0.05, 0) is 25.1 Å². The van der Waals surface area contributed by atoms with Gasteiger partial charge in [-0.25, -0.2) is 0 Å². The summed E-state index contributed by atoms with van der Waals surface area (Å²) in [5.74, 6) is -1.17. The predicted octanol–water partition coefficient (Wildman–Crippen LogP) is 2.24. The molecule has 0 bridgehead atoms. The van der Waals surface area contributed by atoms with E-state index in [1.165, 1.54) is 18.2 Å². The number of rotatable bonds is 0. The first-order chi connectivity index (χ1) is 8.28. The van der Waals surface area contributed by atoms with Crippen LogP contribution >= 0.6 is 0 Å². The number of hydrogen-bond donors (Lipinski definition) is 2. The minimum Gasteiger partial charge on any atom is -0.362 e. The largest absolute Gasteiger partial charge is 0.420 e. The number of nitriles is 1. The monoisotopic (exact) mass is 255 g/mol. The fourth-order valence-electron chi connectivity index (χ4n) is 1.60. The molecule has 0 saturated carbocycles. The molecule has 1 atom stereocenters. The number of carbonyl (C=O) groups is 1. The molecule has 2 N–H and O–H groups in total. The van der Waals surface area contributed by atoms with Crippen molar-refractivity contribution in [2.24, 2.45) is 0 Å². The van der Waals surface area contributed by atoms with Crippen molar-refractivity contribution in [3.05, 3.63) is 23.8 Å². The van der Waals surface area contributed by atoms with Crippen molar-refractivity contribution in [1.29, 1.82) is 5.26 Å². The summed E-state index contributed by atoms with van der Waals surface area (Å²) in [4.78, 5) is 11.5. The third kappa shape index (κ3) is 1.66. The predicted molar refractivity (Wildman–Crippen MR) is 57.9 cm³/mol. The van der Waals surface area contributed by atoms with Gasteiger partial charge < -0.3 is 10.6 Å². The summed E-state index contributed by atoms with van der Waals surface area (Å²) in [5.41, 5.74) is -2.19. The van der Waals surface area contributed by atoms with Gasteiger partial charge in [-0.1, -0.05) is 0 Å². The van der Waals surface area contributed by atoms with Gasteiger partial charge >= 0.3 is 6.18 Å². The first-order valence-corrected chi connectivity index (χ1v) is 4.98. The number of benzene rings is 1. The highest BCUT2D eigenvalue weighted by Gasteiger charge is 2.58. The second-order valence-electron chi connectivity index (χ2n) is 4.07. The zero-order valence-electron chi connectivity index (χ0n) is 9.22. The minimum absolute atomic E-state index is 0.0773. The molecule has 0 fully saturated rings. The molecular weight excluding hydrogens is 247 g/mol. The maximum Gasteiger partial charge on any atom is 0.420 e. The quantitative estimate of drug-likeness (QED) is 0.747. The molecular formula is C11H8F3N3O. The lowest BCUT2D eigenvalue weighted by Gasteiger charge is -2.36. The van der Waals surface area contributed by atoms with E-state index in [9.17, 15) is 18.0 Å². The van der Waals surface area contributed by atoms with E-state index in [2.05, 4.69) is 10.6 Å². The number of hydrogen-bond acceptors (Lipinski definition) is 3. The summed E-state index contributed by atoms with van der Waals surface area (Å²) in [5, 5.41) is 13.0. The fourth-order valence-corrected chi connectivity index (χ4v) is 1.60. The fraction of sp³-hybridized carbons (Fsp3) is 0.273. The first-order valence-electron chi connectivity index (χ1n) is 4.98. The number of nitrogens with one attached hydrogen (secondary N) is 2. The van der Waals surface area contributed by atoms with Gasteiger partial charge in [0.15, 0.2) is 0 Å². The van der Waals surface area contributed by atoms with Crippen LogP contribution in [0.2, 0.25) is 0 Å². The van der Waals surface area contributed by atoms with Crippen LogP contribution in [-0.2, 0) is 4.79 Å². The Kier molecular flexibility index (Phi) is 2.47. The summed E-state index contributed by atoms with van der Waals surface area (Å²) in [6.45, 7) is 0.754. The van der Waals surface area contributed by atoms with Crippen molar-refractivity contribution in [3.8, 4) is 6.07 Å². The van der Waals surface area contributed by atoms with Gasteiger partial charge in [-0.15, -0.1) is 0 Å². The van der Waals surface area contributed by atoms with Crippen molar-refractivity contribution >= 4 is 17.3 Å². The van der Waals surface area contributed by atoms with Gasteiger partial charge in [-0.2, -0.15) is 18.4 Å². The van der Waals surface area contributed by atoms with Crippen molar-refractivity contribution in [1.82, 2.24) is 0 Å². The third-order valence-corrected chi connectivity index (χ3v) is 2.80. The van der Waals surface area contributed by atoms with Crippen LogP contribution in [0.25, 0.3) is 0 Å². The Hall–Kier alpha value is -2.23. The van der Waals surface area contributed by atoms with E-state index >= 15 is 0 Å². The number of amides is 1. The van der Waals surface area contributed by atoms with Crippen LogP contribution in [0.1, 0.15) is 12.5 Å². The highest BCUT2D eigenvalue weighted by Crippen LogP contribution is 2.40. The van der Waals surface area contributed by atoms with E-state index in [1.807, 2.05) is 6.07 Å². The molecule has 0 aliphatic carbocycles. The van der Waals surface area contributed by atoms with Gasteiger partial charge in [0.05, 0.1) is 23.0 Å². The molecule has 0 spiro atoms. The Morgan fingerprint density at radius 3 is 2.56 bits per heavy atom. The zero-order chi connectivity index (χ0) is 13.6. The summed E-state index contributed by atoms with van der Waals surface area (Å²) >= 11 is 0. The van der Waals surface area contributed by atoms with Crippen LogP contribution in [0, 0.1) is 11.3 Å². The third-order valence-electron chi connectivity index (χ3n) is 2.80. The average molecular weight is 255 g/mol. The number of nitrogens with zero attached hydrogens (tertiary/aromatic N) is 1. The lowest BCUT2D eigenvalue weighted by atomic mass is 9.96. The smallest absolute Gasteiger partial charge is 0.362 e. The summed E-state index contributed by atoms with van der Waals surface area (Å²) < 4.78 is 38.6. The molecule has 0 aromatic heterocycles. The number of anilines is 2. The minimum atomic E-state index is -4.74. The number of halogens is 3. The van der Waals surface area contributed by atoms with Crippen LogP contribution in [0.5, 0.6) is 0 Å². The highest BCUT2D eigenvalue weighted by molar-refractivity contribution is 6.06. The Bertz CT molecular complexity index is 562. The molecule has 7 heteroatoms. The van der Waals surface area contributed by atoms with Gasteiger partial charge in [0.2, 0.25) is 5.54 Å². The van der Waals surface area contributed by atoms with Crippen LogP contribution in [0.4, 0.5) is 24.5 Å². The highest BCUT2D eigenvalue weighted by atomic mass is 19.4. The number of alkyl halides is 3. The number of carbonyl (C=O) groups excluding carboxylic acids is 1. The van der Waals surface area contributed by atoms with Crippen molar-refractivity contribution < 1.29 is 18.0 Å². The Morgan fingerprint density at radius 2 is 2.00 bits per heavy atom. The van der Waals surface area contributed by atoms with E-state index in [0.717, 1.165) is 6.92 Å². The average Bonchev–Trinajstić information content (AvgIpc) is 2.28. The van der Waals surface area contributed by atoms with Crippen LogP contribution < -0.4 is 10.6 Å². The lowest BCUT2D eigenvalue weighted by molar-refractivity contribution is -0.179. The molecule has 4 nitrogen and oxygen atoms in total. The molecule has 18 heavy (non-hydrogen) atoms. The zero-order valence-corrected chi connectivity index (χ0v) is 9.22. The maximum atomic E-state index is 12.9. The number of fused-ring (bicyclic) bond motifs is 1. The van der Waals surface area contributed by atoms with Gasteiger partial charge in [0, 0.05) is 0 Å². The van der Waals surface area contributed by atoms with Gasteiger partial charge in [-0.3, -0.25) is 4.79 Å². The lowest BCUT2D eigenvalue weighted by Crippen LogP contribution is -2.60. The molecule has 1 aliphatic rings. The summed E-state index contributed by atoms with van der Waals surface area (Å²) in [6.07, 6.45) is -4.74. The Morgan fingerprint density at radius 1 is 1.33 bits per heavy atom. The molecule has 1 aromatic carbocycles. The standard InChI is InChI=1S/C11H8F3N3O/c1-10(11(12,13)14)9(18)16-7-3-2-6(5-15)4-8(7)17-10/h2-4,17H,1H3,(H,16,18).